The predicted molar refractivity (Wildman–Crippen MR) is 98.9 cm³/mol. The summed E-state index contributed by atoms with van der Waals surface area (Å²) in [5, 5.41) is 10.2. The van der Waals surface area contributed by atoms with Crippen LogP contribution in [0.1, 0.15) is 11.1 Å². The van der Waals surface area contributed by atoms with E-state index >= 15 is 0 Å². The van der Waals surface area contributed by atoms with Gasteiger partial charge in [-0.1, -0.05) is 11.6 Å². The van der Waals surface area contributed by atoms with Gasteiger partial charge < -0.3 is 10.6 Å². The highest BCUT2D eigenvalue weighted by Gasteiger charge is 2.05. The lowest BCUT2D eigenvalue weighted by Gasteiger charge is -2.07. The van der Waals surface area contributed by atoms with Gasteiger partial charge in [-0.05, 0) is 48.4 Å². The lowest BCUT2D eigenvalue weighted by Crippen LogP contribution is -2.36. The summed E-state index contributed by atoms with van der Waals surface area (Å²) < 4.78 is 27.9. The second-order valence-corrected chi connectivity index (χ2v) is 6.34. The first-order valence-corrected chi connectivity index (χ1v) is 8.63. The number of carbonyl (C=O) groups is 1. The molecule has 8 heteroatoms. The van der Waals surface area contributed by atoms with Crippen LogP contribution in [0.25, 0.3) is 5.69 Å². The van der Waals surface area contributed by atoms with Crippen LogP contribution in [0.2, 0.25) is 5.02 Å². The largest absolute Gasteiger partial charge is 0.338 e. The van der Waals surface area contributed by atoms with Gasteiger partial charge >= 0.3 is 6.03 Å². The van der Waals surface area contributed by atoms with Gasteiger partial charge in [-0.3, -0.25) is 0 Å². The number of halogens is 3. The van der Waals surface area contributed by atoms with Crippen molar-refractivity contribution in [3.63, 3.8) is 0 Å². The minimum absolute atomic E-state index is 0.263. The van der Waals surface area contributed by atoms with Crippen LogP contribution in [0.4, 0.5) is 13.6 Å². The molecule has 1 heterocycles. The van der Waals surface area contributed by atoms with Gasteiger partial charge in [-0.2, -0.15) is 5.10 Å². The molecule has 0 aliphatic carbocycles. The van der Waals surface area contributed by atoms with E-state index in [1.165, 1.54) is 12.1 Å². The van der Waals surface area contributed by atoms with E-state index in [1.54, 1.807) is 29.2 Å². The molecule has 0 spiro atoms. The SMILES string of the molecule is O=C(NCCc1cc(F)cc(F)c1)NCc1cnn(-c2ccc(Cl)cc2)c1. The molecule has 140 valence electrons. The van der Waals surface area contributed by atoms with E-state index in [2.05, 4.69) is 15.7 Å². The molecule has 0 saturated heterocycles. The minimum atomic E-state index is -0.632. The maximum Gasteiger partial charge on any atom is 0.315 e. The Morgan fingerprint density at radius 1 is 1.04 bits per heavy atom. The second-order valence-electron chi connectivity index (χ2n) is 5.91. The molecule has 0 radical (unpaired) electrons. The number of aromatic nitrogens is 2. The van der Waals surface area contributed by atoms with E-state index < -0.39 is 11.6 Å². The summed E-state index contributed by atoms with van der Waals surface area (Å²) in [4.78, 5) is 11.8. The van der Waals surface area contributed by atoms with Gasteiger partial charge in [0, 0.05) is 35.9 Å². The first-order chi connectivity index (χ1) is 13.0. The first-order valence-electron chi connectivity index (χ1n) is 8.26. The Morgan fingerprint density at radius 3 is 2.44 bits per heavy atom. The number of nitrogens with zero attached hydrogens (tertiary/aromatic N) is 2. The van der Waals surface area contributed by atoms with Gasteiger partial charge in [0.2, 0.25) is 0 Å². The zero-order valence-corrected chi connectivity index (χ0v) is 15.0. The van der Waals surface area contributed by atoms with Crippen molar-refractivity contribution in [3.8, 4) is 5.69 Å². The molecule has 5 nitrogen and oxygen atoms in total. The van der Waals surface area contributed by atoms with E-state index in [1.807, 2.05) is 12.1 Å². The predicted octanol–water partition coefficient (Wildman–Crippen LogP) is 3.85. The van der Waals surface area contributed by atoms with Crippen LogP contribution < -0.4 is 10.6 Å². The van der Waals surface area contributed by atoms with Crippen molar-refractivity contribution in [2.24, 2.45) is 0 Å². The lowest BCUT2D eigenvalue weighted by molar-refractivity contribution is 0.240. The first kappa shape index (κ1) is 18.8. The Balaban J connectivity index is 1.44. The summed E-state index contributed by atoms with van der Waals surface area (Å²) in [6, 6.07) is 10.2. The van der Waals surface area contributed by atoms with Gasteiger partial charge in [-0.15, -0.1) is 0 Å². The Labute approximate surface area is 160 Å². The Kier molecular flexibility index (Phi) is 6.03. The molecule has 0 saturated carbocycles. The molecule has 3 aromatic rings. The second kappa shape index (κ2) is 8.64. The topological polar surface area (TPSA) is 59.0 Å². The van der Waals surface area contributed by atoms with Gasteiger partial charge in [-0.25, -0.2) is 18.3 Å². The molecule has 27 heavy (non-hydrogen) atoms. The van der Waals surface area contributed by atoms with Gasteiger partial charge in [0.05, 0.1) is 11.9 Å². The number of nitrogens with one attached hydrogen (secondary N) is 2. The maximum absolute atomic E-state index is 13.1. The molecule has 0 aliphatic heterocycles. The van der Waals surface area contributed by atoms with Crippen LogP contribution in [0.5, 0.6) is 0 Å². The van der Waals surface area contributed by atoms with Crippen molar-refractivity contribution in [2.45, 2.75) is 13.0 Å². The summed E-state index contributed by atoms with van der Waals surface area (Å²) >= 11 is 5.86. The summed E-state index contributed by atoms with van der Waals surface area (Å²) in [7, 11) is 0. The summed E-state index contributed by atoms with van der Waals surface area (Å²) in [5.41, 5.74) is 2.17. The highest BCUT2D eigenvalue weighted by molar-refractivity contribution is 6.30. The highest BCUT2D eigenvalue weighted by Crippen LogP contribution is 2.13. The fourth-order valence-electron chi connectivity index (χ4n) is 2.51. The molecule has 0 unspecified atom stereocenters. The number of carbonyl (C=O) groups excluding carboxylic acids is 1. The average Bonchev–Trinajstić information content (AvgIpc) is 3.09. The molecule has 0 fully saturated rings. The lowest BCUT2D eigenvalue weighted by atomic mass is 10.1. The zero-order chi connectivity index (χ0) is 19.2. The van der Waals surface area contributed by atoms with Crippen molar-refractivity contribution >= 4 is 17.6 Å². The normalized spacial score (nSPS) is 10.6. The number of amides is 2. The summed E-state index contributed by atoms with van der Waals surface area (Å²) in [6.45, 7) is 0.562. The molecule has 2 amide bonds. The van der Waals surface area contributed by atoms with E-state index in [4.69, 9.17) is 11.6 Å². The van der Waals surface area contributed by atoms with Crippen LogP contribution >= 0.6 is 11.6 Å². The quantitative estimate of drug-likeness (QED) is 0.671. The third-order valence-electron chi connectivity index (χ3n) is 3.80. The Hall–Kier alpha value is -2.93. The van der Waals surface area contributed by atoms with Crippen LogP contribution in [0, 0.1) is 11.6 Å². The number of hydrogen-bond donors (Lipinski definition) is 2. The monoisotopic (exact) mass is 390 g/mol. The molecular formula is C19H17ClF2N4O. The Morgan fingerprint density at radius 2 is 1.74 bits per heavy atom. The zero-order valence-electron chi connectivity index (χ0n) is 14.3. The fourth-order valence-corrected chi connectivity index (χ4v) is 2.63. The van der Waals surface area contributed by atoms with E-state index in [0.717, 1.165) is 17.3 Å². The summed E-state index contributed by atoms with van der Waals surface area (Å²) in [5.74, 6) is -1.26. The molecular weight excluding hydrogens is 374 g/mol. The summed E-state index contributed by atoms with van der Waals surface area (Å²) in [6.07, 6.45) is 3.79. The fraction of sp³-hybridized carbons (Fsp3) is 0.158. The van der Waals surface area contributed by atoms with E-state index in [0.29, 0.717) is 23.6 Å². The van der Waals surface area contributed by atoms with Crippen molar-refractivity contribution in [3.05, 3.63) is 82.6 Å². The van der Waals surface area contributed by atoms with Gasteiger partial charge in [0.1, 0.15) is 11.6 Å². The molecule has 0 bridgehead atoms. The number of benzene rings is 2. The van der Waals surface area contributed by atoms with Crippen LogP contribution in [0.15, 0.2) is 54.9 Å². The van der Waals surface area contributed by atoms with Crippen LogP contribution in [0.3, 0.4) is 0 Å². The number of urea groups is 1. The minimum Gasteiger partial charge on any atom is -0.338 e. The van der Waals surface area contributed by atoms with Crippen LogP contribution in [-0.2, 0) is 13.0 Å². The maximum atomic E-state index is 13.1. The smallest absolute Gasteiger partial charge is 0.315 e. The van der Waals surface area contributed by atoms with Crippen LogP contribution in [-0.4, -0.2) is 22.4 Å². The standard InChI is InChI=1S/C19H17ClF2N4O/c20-15-1-3-18(4-2-15)26-12-14(11-25-26)10-24-19(27)23-6-5-13-7-16(21)9-17(22)8-13/h1-4,7-9,11-12H,5-6,10H2,(H2,23,24,27). The third kappa shape index (κ3) is 5.52. The molecule has 0 aliphatic rings. The molecule has 2 aromatic carbocycles. The van der Waals surface area contributed by atoms with Crippen molar-refractivity contribution in [1.82, 2.24) is 20.4 Å². The molecule has 0 atom stereocenters. The van der Waals surface area contributed by atoms with Gasteiger partial charge in [0.15, 0.2) is 0 Å². The molecule has 1 aromatic heterocycles. The van der Waals surface area contributed by atoms with Crippen molar-refractivity contribution < 1.29 is 13.6 Å². The highest BCUT2D eigenvalue weighted by atomic mass is 35.5. The van der Waals surface area contributed by atoms with Crippen molar-refractivity contribution in [2.75, 3.05) is 6.54 Å². The van der Waals surface area contributed by atoms with Crippen molar-refractivity contribution in [1.29, 1.82) is 0 Å². The Bertz CT molecular complexity index is 907. The average molecular weight is 391 g/mol. The number of hydrogen-bond acceptors (Lipinski definition) is 2. The third-order valence-corrected chi connectivity index (χ3v) is 4.05. The van der Waals surface area contributed by atoms with E-state index in [9.17, 15) is 13.6 Å². The van der Waals surface area contributed by atoms with E-state index in [-0.39, 0.29) is 12.6 Å². The number of rotatable bonds is 6. The molecule has 3 rings (SSSR count). The molecule has 2 N–H and O–H groups in total. The van der Waals surface area contributed by atoms with Gasteiger partial charge in [0.25, 0.3) is 0 Å².